The smallest absolute Gasteiger partial charge is 0.331 e. The van der Waals surface area contributed by atoms with Gasteiger partial charge < -0.3 is 26.2 Å². The number of primary amides is 1. The highest BCUT2D eigenvalue weighted by molar-refractivity contribution is 5.87. The van der Waals surface area contributed by atoms with Crippen molar-refractivity contribution in [3.63, 3.8) is 0 Å². The van der Waals surface area contributed by atoms with Crippen LogP contribution >= 0.6 is 0 Å². The van der Waals surface area contributed by atoms with Crippen LogP contribution in [0.3, 0.4) is 0 Å². The summed E-state index contributed by atoms with van der Waals surface area (Å²) in [5.74, 6) is 0.414. The molecule has 4 saturated carbocycles. The molecular weight excluding hydrogens is 458 g/mol. The number of carbonyl (C=O) groups is 3. The first-order chi connectivity index (χ1) is 16.9. The van der Waals surface area contributed by atoms with Crippen LogP contribution in [0.2, 0.25) is 0 Å². The van der Waals surface area contributed by atoms with Gasteiger partial charge in [0.05, 0.1) is 18.1 Å². The number of aliphatic hydroxyl groups is 1. The van der Waals surface area contributed by atoms with Crippen molar-refractivity contribution in [2.24, 2.45) is 46.0 Å². The molecule has 36 heavy (non-hydrogen) atoms. The third-order valence-electron chi connectivity index (χ3n) is 11.6. The van der Waals surface area contributed by atoms with Crippen molar-refractivity contribution in [2.75, 3.05) is 13.7 Å². The van der Waals surface area contributed by atoms with E-state index in [0.717, 1.165) is 63.4 Å². The predicted octanol–water partition coefficient (Wildman–Crippen LogP) is 2.27. The SMILES string of the molecule is CN(C(=O)[C@H](N)CC(N)=O)[C@H]1CC[C@@]2(C)[C@H](CC[C@@H]3[C@@H]2CC[C@]2(C)[C@@H](C4=CC(=O)OC4)CC[C@]32O)C1. The lowest BCUT2D eigenvalue weighted by atomic mass is 9.43. The molecule has 4 aliphatic carbocycles. The van der Waals surface area contributed by atoms with Gasteiger partial charge in [-0.05, 0) is 92.4 Å². The minimum atomic E-state index is -0.882. The first kappa shape index (κ1) is 25.7. The van der Waals surface area contributed by atoms with Gasteiger partial charge in [-0.2, -0.15) is 0 Å². The highest BCUT2D eigenvalue weighted by Crippen LogP contribution is 2.70. The highest BCUT2D eigenvalue weighted by Gasteiger charge is 2.67. The maximum atomic E-state index is 12.8. The molecular formula is C28H43N3O5. The van der Waals surface area contributed by atoms with E-state index in [4.69, 9.17) is 16.2 Å². The fourth-order valence-corrected chi connectivity index (χ4v) is 9.48. The van der Waals surface area contributed by atoms with Gasteiger partial charge >= 0.3 is 5.97 Å². The molecule has 200 valence electrons. The van der Waals surface area contributed by atoms with Gasteiger partial charge in [-0.15, -0.1) is 0 Å². The van der Waals surface area contributed by atoms with Crippen molar-refractivity contribution in [3.8, 4) is 0 Å². The number of esters is 1. The number of nitrogens with two attached hydrogens (primary N) is 2. The first-order valence-electron chi connectivity index (χ1n) is 13.8. The van der Waals surface area contributed by atoms with E-state index >= 15 is 0 Å². The van der Waals surface area contributed by atoms with Crippen LogP contribution < -0.4 is 11.5 Å². The number of nitrogens with zero attached hydrogens (tertiary/aromatic N) is 1. The molecule has 0 saturated heterocycles. The Kier molecular flexibility index (Phi) is 6.30. The van der Waals surface area contributed by atoms with E-state index in [1.54, 1.807) is 11.0 Å². The monoisotopic (exact) mass is 501 g/mol. The first-order valence-corrected chi connectivity index (χ1v) is 13.8. The molecule has 1 aliphatic heterocycles. The molecule has 0 aromatic heterocycles. The summed E-state index contributed by atoms with van der Waals surface area (Å²) in [6, 6.07) is -0.765. The second-order valence-corrected chi connectivity index (χ2v) is 12.9. The van der Waals surface area contributed by atoms with Crippen LogP contribution in [0.1, 0.15) is 78.1 Å². The molecule has 5 rings (SSSR count). The van der Waals surface area contributed by atoms with Gasteiger partial charge in [-0.1, -0.05) is 13.8 Å². The highest BCUT2D eigenvalue weighted by atomic mass is 16.5. The zero-order chi connectivity index (χ0) is 26.0. The molecule has 9 atom stereocenters. The lowest BCUT2D eigenvalue weighted by molar-refractivity contribution is -0.206. The largest absolute Gasteiger partial charge is 0.458 e. The maximum Gasteiger partial charge on any atom is 0.331 e. The van der Waals surface area contributed by atoms with Crippen molar-refractivity contribution in [2.45, 2.75) is 95.7 Å². The normalized spacial score (nSPS) is 44.5. The fourth-order valence-electron chi connectivity index (χ4n) is 9.48. The van der Waals surface area contributed by atoms with E-state index in [1.807, 2.05) is 7.05 Å². The molecule has 0 aromatic rings. The van der Waals surface area contributed by atoms with Crippen LogP contribution in [-0.2, 0) is 19.1 Å². The molecule has 5 aliphatic rings. The van der Waals surface area contributed by atoms with Crippen LogP contribution in [0, 0.1) is 34.5 Å². The van der Waals surface area contributed by atoms with E-state index in [2.05, 4.69) is 13.8 Å². The Morgan fingerprint density at radius 2 is 1.89 bits per heavy atom. The number of ether oxygens (including phenoxy) is 1. The Balaban J connectivity index is 1.31. The van der Waals surface area contributed by atoms with Gasteiger partial charge in [0, 0.05) is 24.6 Å². The quantitative estimate of drug-likeness (QED) is 0.495. The molecule has 5 N–H and O–H groups in total. The molecule has 0 radical (unpaired) electrons. The standard InChI is InChI=1S/C28H43N3O5/c1-26-9-6-18(31(3)25(34)22(29)14-23(30)32)13-17(26)4-5-21-20(26)7-10-27(2)19(8-11-28(21,27)35)16-12-24(33)36-15-16/h12,17-22,35H,4-11,13-15,29H2,1-3H3,(H2,30,32)/t17-,18+,19-,20+,21-,22-,26+,27-,28+/m1/s1. The van der Waals surface area contributed by atoms with E-state index in [9.17, 15) is 19.5 Å². The number of likely N-dealkylation sites (N-methyl/N-ethyl adjacent to an activating group) is 1. The van der Waals surface area contributed by atoms with Crippen molar-refractivity contribution in [1.29, 1.82) is 0 Å². The van der Waals surface area contributed by atoms with E-state index in [1.165, 1.54) is 0 Å². The number of fused-ring (bicyclic) bond motifs is 5. The summed E-state index contributed by atoms with van der Waals surface area (Å²) in [5, 5.41) is 12.4. The zero-order valence-electron chi connectivity index (χ0n) is 22.0. The molecule has 8 nitrogen and oxygen atoms in total. The van der Waals surface area contributed by atoms with Crippen LogP contribution in [0.5, 0.6) is 0 Å². The predicted molar refractivity (Wildman–Crippen MR) is 134 cm³/mol. The Morgan fingerprint density at radius 3 is 2.56 bits per heavy atom. The van der Waals surface area contributed by atoms with Crippen molar-refractivity contribution >= 4 is 17.8 Å². The minimum Gasteiger partial charge on any atom is -0.458 e. The Labute approximate surface area is 214 Å². The molecule has 0 aromatic carbocycles. The zero-order valence-corrected chi connectivity index (χ0v) is 22.0. The summed E-state index contributed by atoms with van der Waals surface area (Å²) in [5.41, 5.74) is 11.5. The van der Waals surface area contributed by atoms with E-state index < -0.39 is 17.6 Å². The summed E-state index contributed by atoms with van der Waals surface area (Å²) in [7, 11) is 1.81. The second-order valence-electron chi connectivity index (χ2n) is 12.9. The summed E-state index contributed by atoms with van der Waals surface area (Å²) < 4.78 is 5.24. The average molecular weight is 502 g/mol. The lowest BCUT2D eigenvalue weighted by Crippen LogP contribution is -2.63. The van der Waals surface area contributed by atoms with Crippen LogP contribution in [0.4, 0.5) is 0 Å². The molecule has 0 spiro atoms. The number of hydrogen-bond donors (Lipinski definition) is 3. The summed E-state index contributed by atoms with van der Waals surface area (Å²) in [6.45, 7) is 5.06. The van der Waals surface area contributed by atoms with Crippen LogP contribution in [-0.4, -0.2) is 59.1 Å². The minimum absolute atomic E-state index is 0.116. The van der Waals surface area contributed by atoms with Gasteiger partial charge in [-0.3, -0.25) is 9.59 Å². The lowest BCUT2D eigenvalue weighted by Gasteiger charge is -2.64. The topological polar surface area (TPSA) is 136 Å². The number of amides is 2. The number of cyclic esters (lactones) is 1. The van der Waals surface area contributed by atoms with Crippen LogP contribution in [0.15, 0.2) is 11.6 Å². The molecule has 8 heteroatoms. The molecule has 4 fully saturated rings. The van der Waals surface area contributed by atoms with Gasteiger partial charge in [0.2, 0.25) is 11.8 Å². The summed E-state index contributed by atoms with van der Waals surface area (Å²) in [6.07, 6.45) is 10.2. The van der Waals surface area contributed by atoms with E-state index in [-0.39, 0.29) is 47.0 Å². The summed E-state index contributed by atoms with van der Waals surface area (Å²) in [4.78, 5) is 37.6. The molecule has 0 unspecified atom stereocenters. The summed E-state index contributed by atoms with van der Waals surface area (Å²) >= 11 is 0. The van der Waals surface area contributed by atoms with Crippen molar-refractivity contribution in [1.82, 2.24) is 4.90 Å². The molecule has 0 bridgehead atoms. The van der Waals surface area contributed by atoms with Crippen molar-refractivity contribution < 1.29 is 24.2 Å². The average Bonchev–Trinajstić information content (AvgIpc) is 3.37. The third kappa shape index (κ3) is 3.73. The van der Waals surface area contributed by atoms with Gasteiger partial charge in [0.1, 0.15) is 6.61 Å². The van der Waals surface area contributed by atoms with Gasteiger partial charge in [0.25, 0.3) is 0 Å². The Morgan fingerprint density at radius 1 is 1.14 bits per heavy atom. The number of carbonyl (C=O) groups excluding carboxylic acids is 3. The third-order valence-corrected chi connectivity index (χ3v) is 11.6. The second kappa shape index (κ2) is 8.83. The maximum absolute atomic E-state index is 12.8. The Hall–Kier alpha value is -1.93. The van der Waals surface area contributed by atoms with Crippen LogP contribution in [0.25, 0.3) is 0 Å². The van der Waals surface area contributed by atoms with Crippen molar-refractivity contribution in [3.05, 3.63) is 11.6 Å². The Bertz CT molecular complexity index is 982. The fraction of sp³-hybridized carbons (Fsp3) is 0.821. The molecule has 1 heterocycles. The number of rotatable bonds is 5. The van der Waals surface area contributed by atoms with Gasteiger partial charge in [0.15, 0.2) is 0 Å². The molecule has 2 amide bonds. The number of hydrogen-bond acceptors (Lipinski definition) is 6. The van der Waals surface area contributed by atoms with Gasteiger partial charge in [-0.25, -0.2) is 4.79 Å². The van der Waals surface area contributed by atoms with E-state index in [0.29, 0.717) is 18.4 Å².